The Morgan fingerprint density at radius 1 is 1.50 bits per heavy atom. The predicted octanol–water partition coefficient (Wildman–Crippen LogP) is 0.545. The first-order valence-electron chi connectivity index (χ1n) is 5.39. The first-order valence-corrected chi connectivity index (χ1v) is 5.39. The van der Waals surface area contributed by atoms with Gasteiger partial charge in [0, 0.05) is 12.1 Å². The molecule has 0 heterocycles. The van der Waals surface area contributed by atoms with Crippen molar-refractivity contribution in [2.75, 3.05) is 18.5 Å². The van der Waals surface area contributed by atoms with Crippen molar-refractivity contribution in [2.24, 2.45) is 0 Å². The van der Waals surface area contributed by atoms with Gasteiger partial charge in [-0.3, -0.25) is 10.1 Å². The van der Waals surface area contributed by atoms with Gasteiger partial charge in [-0.05, 0) is 12.5 Å². The zero-order valence-electron chi connectivity index (χ0n) is 9.84. The Labute approximate surface area is 104 Å². The lowest BCUT2D eigenvalue weighted by atomic mass is 10.2. The third-order valence-electron chi connectivity index (χ3n) is 2.06. The van der Waals surface area contributed by atoms with E-state index >= 15 is 0 Å². The Morgan fingerprint density at radius 2 is 2.22 bits per heavy atom. The maximum absolute atomic E-state index is 10.6. The number of nitrogens with zero attached hydrogens (tertiary/aromatic N) is 1. The maximum Gasteiger partial charge on any atom is 0.271 e. The molecule has 98 valence electrons. The lowest BCUT2D eigenvalue weighted by Gasteiger charge is -2.13. The van der Waals surface area contributed by atoms with Gasteiger partial charge < -0.3 is 20.0 Å². The van der Waals surface area contributed by atoms with E-state index in [0.717, 1.165) is 6.42 Å². The summed E-state index contributed by atoms with van der Waals surface area (Å²) < 4.78 is 5.35. The fourth-order valence-electron chi connectivity index (χ4n) is 1.27. The molecule has 0 bridgehead atoms. The van der Waals surface area contributed by atoms with Crippen molar-refractivity contribution in [3.05, 3.63) is 28.3 Å². The smallest absolute Gasteiger partial charge is 0.271 e. The summed E-state index contributed by atoms with van der Waals surface area (Å²) in [5, 5.41) is 23.5. The number of nitro groups is 1. The lowest BCUT2D eigenvalue weighted by Crippen LogP contribution is -2.30. The molecule has 0 saturated carbocycles. The first kappa shape index (κ1) is 13.8. The monoisotopic (exact) mass is 253 g/mol. The number of hydrogen-bond donors (Lipinski definition) is 1. The Balaban J connectivity index is 2.93. The van der Waals surface area contributed by atoms with Crippen LogP contribution in [0.1, 0.15) is 13.3 Å². The number of anilines is 1. The first-order chi connectivity index (χ1) is 8.54. The van der Waals surface area contributed by atoms with Gasteiger partial charge in [0.1, 0.15) is 5.75 Å². The fourth-order valence-corrected chi connectivity index (χ4v) is 1.27. The molecule has 0 spiro atoms. The second kappa shape index (κ2) is 6.43. The van der Waals surface area contributed by atoms with E-state index in [0.29, 0.717) is 12.4 Å². The SMILES string of the molecule is CCCOc1ccc([N+](=O)[O-])cc1NCC(=O)[O-]. The largest absolute Gasteiger partial charge is 0.548 e. The van der Waals surface area contributed by atoms with Crippen molar-refractivity contribution in [1.29, 1.82) is 0 Å². The standard InChI is InChI=1S/C11H14N2O5/c1-2-5-18-10-4-3-8(13(16)17)6-9(10)12-7-11(14)15/h3-4,6,12H,2,5,7H2,1H3,(H,14,15)/p-1. The van der Waals surface area contributed by atoms with Crippen LogP contribution in [0.2, 0.25) is 0 Å². The summed E-state index contributed by atoms with van der Waals surface area (Å²) in [5.41, 5.74) is 0.126. The number of carbonyl (C=O) groups is 1. The van der Waals surface area contributed by atoms with Crippen molar-refractivity contribution >= 4 is 17.3 Å². The zero-order chi connectivity index (χ0) is 13.5. The Hall–Kier alpha value is -2.31. The van der Waals surface area contributed by atoms with Crippen LogP contribution in [0.4, 0.5) is 11.4 Å². The second-order valence-electron chi connectivity index (χ2n) is 3.51. The molecular weight excluding hydrogens is 240 g/mol. The van der Waals surface area contributed by atoms with E-state index in [4.69, 9.17) is 4.74 Å². The molecule has 0 saturated heterocycles. The molecule has 0 aliphatic heterocycles. The number of non-ortho nitro benzene ring substituents is 1. The van der Waals surface area contributed by atoms with E-state index in [1.807, 2.05) is 6.92 Å². The highest BCUT2D eigenvalue weighted by atomic mass is 16.6. The minimum Gasteiger partial charge on any atom is -0.548 e. The van der Waals surface area contributed by atoms with Crippen LogP contribution in [0.3, 0.4) is 0 Å². The summed E-state index contributed by atoms with van der Waals surface area (Å²) in [4.78, 5) is 20.4. The molecule has 0 aliphatic rings. The van der Waals surface area contributed by atoms with Crippen LogP contribution >= 0.6 is 0 Å². The lowest BCUT2D eigenvalue weighted by molar-refractivity contribution is -0.384. The van der Waals surface area contributed by atoms with Gasteiger partial charge >= 0.3 is 0 Å². The van der Waals surface area contributed by atoms with Crippen LogP contribution < -0.4 is 15.2 Å². The number of nitrogens with one attached hydrogen (secondary N) is 1. The molecule has 1 aromatic carbocycles. The molecule has 0 aromatic heterocycles. The van der Waals surface area contributed by atoms with E-state index in [2.05, 4.69) is 5.32 Å². The van der Waals surface area contributed by atoms with Crippen molar-refractivity contribution < 1.29 is 19.6 Å². The highest BCUT2D eigenvalue weighted by Gasteiger charge is 2.11. The normalized spacial score (nSPS) is 9.83. The summed E-state index contributed by atoms with van der Waals surface area (Å²) in [6.45, 7) is 1.92. The fraction of sp³-hybridized carbons (Fsp3) is 0.364. The molecule has 0 amide bonds. The number of ether oxygens (including phenoxy) is 1. The third kappa shape index (κ3) is 3.93. The summed E-state index contributed by atoms with van der Waals surface area (Å²) in [7, 11) is 0. The topological polar surface area (TPSA) is 105 Å². The van der Waals surface area contributed by atoms with Gasteiger partial charge in [-0.15, -0.1) is 0 Å². The van der Waals surface area contributed by atoms with E-state index in [-0.39, 0.29) is 11.4 Å². The molecular formula is C11H13N2O5-. The molecule has 7 heteroatoms. The number of nitro benzene ring substituents is 1. The number of rotatable bonds is 7. The molecule has 0 atom stereocenters. The van der Waals surface area contributed by atoms with Crippen LogP contribution in [-0.4, -0.2) is 24.0 Å². The zero-order valence-corrected chi connectivity index (χ0v) is 9.84. The Bertz CT molecular complexity index is 447. The second-order valence-corrected chi connectivity index (χ2v) is 3.51. The molecule has 0 unspecified atom stereocenters. The Morgan fingerprint density at radius 3 is 2.78 bits per heavy atom. The van der Waals surface area contributed by atoms with Crippen molar-refractivity contribution in [2.45, 2.75) is 13.3 Å². The van der Waals surface area contributed by atoms with Gasteiger partial charge in [0.25, 0.3) is 5.69 Å². The summed E-state index contributed by atoms with van der Waals surface area (Å²) in [6.07, 6.45) is 0.775. The molecule has 7 nitrogen and oxygen atoms in total. The van der Waals surface area contributed by atoms with Crippen LogP contribution in [-0.2, 0) is 4.79 Å². The number of carboxylic acids is 1. The summed E-state index contributed by atoms with van der Waals surface area (Å²) in [6, 6.07) is 3.97. The molecule has 18 heavy (non-hydrogen) atoms. The molecule has 0 radical (unpaired) electrons. The summed E-state index contributed by atoms with van der Waals surface area (Å²) >= 11 is 0. The van der Waals surface area contributed by atoms with Gasteiger partial charge in [0.15, 0.2) is 0 Å². The van der Waals surface area contributed by atoms with Crippen molar-refractivity contribution in [1.82, 2.24) is 0 Å². The quantitative estimate of drug-likeness (QED) is 0.562. The van der Waals surface area contributed by atoms with Gasteiger partial charge in [-0.1, -0.05) is 6.92 Å². The average Bonchev–Trinajstić information content (AvgIpc) is 2.33. The maximum atomic E-state index is 10.6. The number of aliphatic carboxylic acids is 1. The van der Waals surface area contributed by atoms with E-state index < -0.39 is 17.4 Å². The Kier molecular flexibility index (Phi) is 4.91. The van der Waals surface area contributed by atoms with Crippen LogP contribution in [0.5, 0.6) is 5.75 Å². The number of carbonyl (C=O) groups excluding carboxylic acids is 1. The van der Waals surface area contributed by atoms with Crippen LogP contribution in [0, 0.1) is 10.1 Å². The highest BCUT2D eigenvalue weighted by Crippen LogP contribution is 2.29. The molecule has 1 aromatic rings. The minimum absolute atomic E-state index is 0.139. The van der Waals surface area contributed by atoms with Crippen LogP contribution in [0.25, 0.3) is 0 Å². The van der Waals surface area contributed by atoms with E-state index in [1.165, 1.54) is 18.2 Å². The van der Waals surface area contributed by atoms with E-state index in [1.54, 1.807) is 0 Å². The van der Waals surface area contributed by atoms with Gasteiger partial charge in [0.05, 0.1) is 29.7 Å². The number of hydrogen-bond acceptors (Lipinski definition) is 6. The minimum atomic E-state index is -1.30. The predicted molar refractivity (Wildman–Crippen MR) is 62.4 cm³/mol. The highest BCUT2D eigenvalue weighted by molar-refractivity contribution is 5.73. The summed E-state index contributed by atoms with van der Waals surface area (Å²) in [5.74, 6) is -0.924. The average molecular weight is 253 g/mol. The molecule has 1 rings (SSSR count). The van der Waals surface area contributed by atoms with Crippen molar-refractivity contribution in [3.63, 3.8) is 0 Å². The van der Waals surface area contributed by atoms with Crippen molar-refractivity contribution in [3.8, 4) is 5.75 Å². The number of carboxylic acid groups (broad SMARTS) is 1. The van der Waals surface area contributed by atoms with Gasteiger partial charge in [-0.25, -0.2) is 0 Å². The molecule has 0 aliphatic carbocycles. The van der Waals surface area contributed by atoms with E-state index in [9.17, 15) is 20.0 Å². The van der Waals surface area contributed by atoms with Gasteiger partial charge in [-0.2, -0.15) is 0 Å². The molecule has 0 fully saturated rings. The van der Waals surface area contributed by atoms with Gasteiger partial charge in [0.2, 0.25) is 0 Å². The number of benzene rings is 1. The molecule has 1 N–H and O–H groups in total. The third-order valence-corrected chi connectivity index (χ3v) is 2.06. The van der Waals surface area contributed by atoms with Crippen LogP contribution in [0.15, 0.2) is 18.2 Å².